The molecule has 0 aliphatic heterocycles. The van der Waals surface area contributed by atoms with Crippen LogP contribution in [-0.4, -0.2) is 20.3 Å². The normalized spacial score (nSPS) is 9.43. The van der Waals surface area contributed by atoms with Gasteiger partial charge in [0.15, 0.2) is 0 Å². The molecule has 0 heterocycles. The summed E-state index contributed by atoms with van der Waals surface area (Å²) >= 11 is 0. The quantitative estimate of drug-likeness (QED) is 0.472. The maximum Gasteiger partial charge on any atom is 0.0894 e. The van der Waals surface area contributed by atoms with Crippen molar-refractivity contribution >= 4 is 0 Å². The van der Waals surface area contributed by atoms with E-state index in [2.05, 4.69) is 5.32 Å². The van der Waals surface area contributed by atoms with Crippen molar-refractivity contribution in [1.82, 2.24) is 5.32 Å². The zero-order valence-electron chi connectivity index (χ0n) is 4.65. The van der Waals surface area contributed by atoms with Crippen LogP contribution in [0.5, 0.6) is 0 Å². The Kier molecular flexibility index (Phi) is 5.80. The molecule has 0 amide bonds. The van der Waals surface area contributed by atoms with E-state index in [1.165, 1.54) is 0 Å². The molecule has 0 atom stereocenters. The summed E-state index contributed by atoms with van der Waals surface area (Å²) in [6.45, 7) is 0.611. The number of nitrogens with zero attached hydrogens (tertiary/aromatic N) is 1. The van der Waals surface area contributed by atoms with Crippen LogP contribution in [0.4, 0.5) is 4.39 Å². The van der Waals surface area contributed by atoms with Crippen molar-refractivity contribution in [2.45, 2.75) is 12.8 Å². The minimum absolute atomic E-state index is 0.199. The van der Waals surface area contributed by atoms with Gasteiger partial charge in [-0.1, -0.05) is 0 Å². The maximum absolute atomic E-state index is 11.3. The zero-order valence-corrected chi connectivity index (χ0v) is 4.65. The molecule has 7 heavy (non-hydrogen) atoms. The van der Waals surface area contributed by atoms with E-state index in [1.54, 1.807) is 7.05 Å². The predicted molar refractivity (Wildman–Crippen MR) is 28.1 cm³/mol. The largest absolute Gasteiger partial charge is 0.251 e. The average molecular weight is 104 g/mol. The van der Waals surface area contributed by atoms with Crippen molar-refractivity contribution in [3.8, 4) is 0 Å². The molecule has 0 aliphatic carbocycles. The van der Waals surface area contributed by atoms with E-state index in [0.717, 1.165) is 13.0 Å². The maximum atomic E-state index is 11.3. The van der Waals surface area contributed by atoms with E-state index >= 15 is 0 Å². The van der Waals surface area contributed by atoms with Gasteiger partial charge in [0.1, 0.15) is 0 Å². The minimum atomic E-state index is -0.199. The Bertz CT molecular complexity index is 27.3. The van der Waals surface area contributed by atoms with Gasteiger partial charge in [0.25, 0.3) is 0 Å². The van der Waals surface area contributed by atoms with Gasteiger partial charge in [0.05, 0.1) is 6.67 Å². The third kappa shape index (κ3) is 5.89. The molecule has 1 nitrogen and oxygen atoms in total. The first-order valence-electron chi connectivity index (χ1n) is 2.53. The molecule has 0 bridgehead atoms. The summed E-state index contributed by atoms with van der Waals surface area (Å²) in [5.74, 6) is 0. The molecule has 0 unspecified atom stereocenters. The molecule has 2 heteroatoms. The Morgan fingerprint density at radius 2 is 2.14 bits per heavy atom. The summed E-state index contributed by atoms with van der Waals surface area (Å²) in [5, 5.41) is 3.81. The van der Waals surface area contributed by atoms with E-state index in [4.69, 9.17) is 0 Å². The first kappa shape index (κ1) is 6.89. The van der Waals surface area contributed by atoms with Gasteiger partial charge in [-0.05, 0) is 12.8 Å². The van der Waals surface area contributed by atoms with Crippen LogP contribution in [0.2, 0.25) is 0 Å². The lowest BCUT2D eigenvalue weighted by atomic mass is 10.3. The SMILES string of the molecule is C[N]CCCCF. The molecule has 0 aromatic heterocycles. The van der Waals surface area contributed by atoms with Crippen molar-refractivity contribution in [2.24, 2.45) is 0 Å². The number of hydrogen-bond acceptors (Lipinski definition) is 0. The van der Waals surface area contributed by atoms with Crippen molar-refractivity contribution in [3.05, 3.63) is 0 Å². The van der Waals surface area contributed by atoms with E-state index in [-0.39, 0.29) is 6.67 Å². The Labute approximate surface area is 43.9 Å². The summed E-state index contributed by atoms with van der Waals surface area (Å²) < 4.78 is 11.3. The second kappa shape index (κ2) is 5.89. The Hall–Kier alpha value is -0.110. The first-order chi connectivity index (χ1) is 3.41. The van der Waals surface area contributed by atoms with E-state index in [9.17, 15) is 4.39 Å². The lowest BCUT2D eigenvalue weighted by Gasteiger charge is -1.89. The van der Waals surface area contributed by atoms with Crippen molar-refractivity contribution in [1.29, 1.82) is 0 Å². The number of halogens is 1. The molecule has 0 fully saturated rings. The third-order valence-corrected chi connectivity index (χ3v) is 0.765. The topological polar surface area (TPSA) is 14.1 Å². The lowest BCUT2D eigenvalue weighted by molar-refractivity contribution is 0.458. The summed E-state index contributed by atoms with van der Waals surface area (Å²) in [6, 6.07) is 0. The molecule has 0 aliphatic rings. The molecule has 0 aromatic carbocycles. The van der Waals surface area contributed by atoms with Crippen LogP contribution in [0.1, 0.15) is 12.8 Å². The number of rotatable bonds is 4. The molecule has 0 spiro atoms. The van der Waals surface area contributed by atoms with Crippen LogP contribution < -0.4 is 5.32 Å². The van der Waals surface area contributed by atoms with Crippen molar-refractivity contribution in [3.63, 3.8) is 0 Å². The monoisotopic (exact) mass is 104 g/mol. The van der Waals surface area contributed by atoms with Gasteiger partial charge in [0.2, 0.25) is 0 Å². The fourth-order valence-electron chi connectivity index (χ4n) is 0.364. The van der Waals surface area contributed by atoms with Crippen LogP contribution in [0.25, 0.3) is 0 Å². The minimum Gasteiger partial charge on any atom is -0.251 e. The number of unbranched alkanes of at least 4 members (excludes halogenated alkanes) is 1. The van der Waals surface area contributed by atoms with Crippen LogP contribution >= 0.6 is 0 Å². The molecule has 0 aromatic rings. The van der Waals surface area contributed by atoms with E-state index in [0.29, 0.717) is 6.42 Å². The van der Waals surface area contributed by atoms with Gasteiger partial charge >= 0.3 is 0 Å². The van der Waals surface area contributed by atoms with Gasteiger partial charge in [-0.2, -0.15) is 0 Å². The highest BCUT2D eigenvalue weighted by Gasteiger charge is 1.82. The molecule has 43 valence electrons. The highest BCUT2D eigenvalue weighted by molar-refractivity contribution is 4.38. The van der Waals surface area contributed by atoms with Gasteiger partial charge < -0.3 is 0 Å². The summed E-state index contributed by atoms with van der Waals surface area (Å²) in [7, 11) is 1.75. The third-order valence-electron chi connectivity index (χ3n) is 0.765. The van der Waals surface area contributed by atoms with Crippen LogP contribution in [0, 0.1) is 0 Å². The number of alkyl halides is 1. The fraction of sp³-hybridized carbons (Fsp3) is 1.00. The molecule has 0 rings (SSSR count). The highest BCUT2D eigenvalue weighted by atomic mass is 19.1. The zero-order chi connectivity index (χ0) is 5.54. The van der Waals surface area contributed by atoms with Crippen molar-refractivity contribution < 1.29 is 4.39 Å². The molecule has 1 radical (unpaired) electrons. The molecule has 0 saturated carbocycles. The van der Waals surface area contributed by atoms with Gasteiger partial charge in [-0.25, -0.2) is 5.32 Å². The molecule has 0 N–H and O–H groups in total. The Balaban J connectivity index is 2.45. The van der Waals surface area contributed by atoms with Gasteiger partial charge in [0, 0.05) is 13.6 Å². The first-order valence-corrected chi connectivity index (χ1v) is 2.53. The second-order valence-electron chi connectivity index (χ2n) is 1.44. The Morgan fingerprint density at radius 1 is 1.43 bits per heavy atom. The smallest absolute Gasteiger partial charge is 0.0894 e. The molecular weight excluding hydrogens is 93.1 g/mol. The predicted octanol–water partition coefficient (Wildman–Crippen LogP) is 0.970. The Morgan fingerprint density at radius 3 is 2.57 bits per heavy atom. The summed E-state index contributed by atoms with van der Waals surface area (Å²) in [4.78, 5) is 0. The standard InChI is InChI=1S/C5H11FN/c1-7-5-3-2-4-6/h2-5H2,1H3. The summed E-state index contributed by atoms with van der Waals surface area (Å²) in [5.41, 5.74) is 0. The fourth-order valence-corrected chi connectivity index (χ4v) is 0.364. The van der Waals surface area contributed by atoms with Crippen LogP contribution in [0.15, 0.2) is 0 Å². The van der Waals surface area contributed by atoms with Gasteiger partial charge in [-0.15, -0.1) is 0 Å². The van der Waals surface area contributed by atoms with Crippen LogP contribution in [0.3, 0.4) is 0 Å². The molecule has 0 saturated heterocycles. The van der Waals surface area contributed by atoms with E-state index in [1.807, 2.05) is 0 Å². The second-order valence-corrected chi connectivity index (χ2v) is 1.44. The van der Waals surface area contributed by atoms with Gasteiger partial charge in [-0.3, -0.25) is 4.39 Å². The lowest BCUT2D eigenvalue weighted by Crippen LogP contribution is -1.98. The van der Waals surface area contributed by atoms with E-state index < -0.39 is 0 Å². The highest BCUT2D eigenvalue weighted by Crippen LogP contribution is 1.85. The van der Waals surface area contributed by atoms with Crippen molar-refractivity contribution in [2.75, 3.05) is 20.3 Å². The number of hydrogen-bond donors (Lipinski definition) is 0. The molecular formula is C5H11FN. The van der Waals surface area contributed by atoms with Crippen LogP contribution in [-0.2, 0) is 0 Å². The average Bonchev–Trinajstić information content (AvgIpc) is 1.69. The summed E-state index contributed by atoms with van der Waals surface area (Å²) in [6.07, 6.45) is 1.56.